The largest absolute Gasteiger partial charge is 0.317 e. The number of piperidine rings is 1. The van der Waals surface area contributed by atoms with Crippen molar-refractivity contribution in [1.82, 2.24) is 9.88 Å². The molecule has 1 saturated heterocycles. The van der Waals surface area contributed by atoms with Crippen LogP contribution in [0, 0.1) is 24.2 Å². The molecule has 0 unspecified atom stereocenters. The van der Waals surface area contributed by atoms with Gasteiger partial charge in [-0.15, -0.1) is 22.7 Å². The highest BCUT2D eigenvalue weighted by Gasteiger charge is 2.26. The summed E-state index contributed by atoms with van der Waals surface area (Å²) in [6.07, 6.45) is 6.18. The third-order valence-electron chi connectivity index (χ3n) is 6.00. The number of aromatic nitrogens is 1. The minimum Gasteiger partial charge on any atom is -0.317 e. The van der Waals surface area contributed by atoms with E-state index >= 15 is 0 Å². The molecule has 0 aromatic carbocycles. The summed E-state index contributed by atoms with van der Waals surface area (Å²) < 4.78 is 0. The molecular formula is C22H27N5O2S2. The molecule has 9 heteroatoms. The Labute approximate surface area is 190 Å². The lowest BCUT2D eigenvalue weighted by atomic mass is 9.96. The molecule has 4 rings (SSSR count). The Morgan fingerprint density at radius 2 is 2.03 bits per heavy atom. The van der Waals surface area contributed by atoms with Crippen molar-refractivity contribution in [2.75, 3.05) is 30.3 Å². The number of carbonyl (C=O) groups excluding carboxylic acids is 2. The Balaban J connectivity index is 1.22. The molecule has 0 spiro atoms. The van der Waals surface area contributed by atoms with Crippen LogP contribution < -0.4 is 10.6 Å². The molecule has 2 aromatic heterocycles. The van der Waals surface area contributed by atoms with Crippen LogP contribution in [0.3, 0.4) is 0 Å². The average molecular weight is 458 g/mol. The molecule has 2 amide bonds. The molecule has 164 valence electrons. The number of thiazole rings is 1. The zero-order valence-corrected chi connectivity index (χ0v) is 19.3. The van der Waals surface area contributed by atoms with Gasteiger partial charge in [0.05, 0.1) is 11.3 Å². The number of nitrogens with one attached hydrogen (secondary N) is 2. The average Bonchev–Trinajstić information content (AvgIpc) is 3.34. The van der Waals surface area contributed by atoms with Gasteiger partial charge in [0, 0.05) is 29.1 Å². The molecule has 2 aromatic rings. The Morgan fingerprint density at radius 3 is 2.74 bits per heavy atom. The minimum absolute atomic E-state index is 0.00934. The van der Waals surface area contributed by atoms with Crippen molar-refractivity contribution >= 4 is 44.6 Å². The molecule has 7 nitrogen and oxygen atoms in total. The highest BCUT2D eigenvalue weighted by Crippen LogP contribution is 2.37. The predicted octanol–water partition coefficient (Wildman–Crippen LogP) is 3.94. The van der Waals surface area contributed by atoms with Crippen LogP contribution in [-0.2, 0) is 22.4 Å². The molecular weight excluding hydrogens is 430 g/mol. The van der Waals surface area contributed by atoms with Crippen LogP contribution in [0.15, 0.2) is 5.38 Å². The zero-order valence-electron chi connectivity index (χ0n) is 17.7. The van der Waals surface area contributed by atoms with Gasteiger partial charge in [-0.25, -0.2) is 4.98 Å². The smallest absolute Gasteiger partial charge is 0.229 e. The minimum atomic E-state index is -0.0471. The molecule has 2 N–H and O–H groups in total. The molecule has 1 fully saturated rings. The first kappa shape index (κ1) is 21.9. The number of hydrogen-bond donors (Lipinski definition) is 2. The molecule has 3 heterocycles. The van der Waals surface area contributed by atoms with Crippen molar-refractivity contribution < 1.29 is 9.59 Å². The first-order valence-electron chi connectivity index (χ1n) is 10.8. The Morgan fingerprint density at radius 1 is 1.26 bits per heavy atom. The Kier molecular flexibility index (Phi) is 7.00. The first-order chi connectivity index (χ1) is 15.0. The normalized spacial score (nSPS) is 17.0. The lowest BCUT2D eigenvalue weighted by Crippen LogP contribution is -2.39. The van der Waals surface area contributed by atoms with Gasteiger partial charge < -0.3 is 15.5 Å². The third kappa shape index (κ3) is 5.32. The maximum atomic E-state index is 12.5. The number of nitriles is 1. The molecule has 0 saturated carbocycles. The molecule has 1 aliphatic heterocycles. The number of rotatable bonds is 6. The Bertz CT molecular complexity index is 998. The molecule has 2 aliphatic rings. The summed E-state index contributed by atoms with van der Waals surface area (Å²) in [5.41, 5.74) is 2.72. The fraction of sp³-hybridized carbons (Fsp3) is 0.545. The molecule has 31 heavy (non-hydrogen) atoms. The van der Waals surface area contributed by atoms with E-state index < -0.39 is 0 Å². The van der Waals surface area contributed by atoms with Crippen LogP contribution in [0.25, 0.3) is 0 Å². The van der Waals surface area contributed by atoms with Crippen LogP contribution in [0.1, 0.15) is 53.8 Å². The van der Waals surface area contributed by atoms with E-state index in [0.717, 1.165) is 62.9 Å². The van der Waals surface area contributed by atoms with Crippen molar-refractivity contribution in [1.29, 1.82) is 5.26 Å². The van der Waals surface area contributed by atoms with Gasteiger partial charge in [0.15, 0.2) is 5.13 Å². The highest BCUT2D eigenvalue weighted by molar-refractivity contribution is 7.16. The van der Waals surface area contributed by atoms with E-state index in [-0.39, 0.29) is 17.7 Å². The number of fused-ring (bicyclic) bond motifs is 1. The van der Waals surface area contributed by atoms with E-state index in [9.17, 15) is 14.9 Å². The van der Waals surface area contributed by atoms with Gasteiger partial charge >= 0.3 is 0 Å². The van der Waals surface area contributed by atoms with Gasteiger partial charge in [-0.1, -0.05) is 0 Å². The van der Waals surface area contributed by atoms with Gasteiger partial charge in [-0.05, 0) is 64.1 Å². The van der Waals surface area contributed by atoms with E-state index in [1.165, 1.54) is 16.2 Å². The Hall–Kier alpha value is -2.28. The summed E-state index contributed by atoms with van der Waals surface area (Å²) in [7, 11) is 0. The number of aryl methyl sites for hydroxylation is 2. The fourth-order valence-electron chi connectivity index (χ4n) is 4.26. The number of anilines is 2. The molecule has 0 bridgehead atoms. The number of amides is 2. The third-order valence-corrected chi connectivity index (χ3v) is 8.08. The van der Waals surface area contributed by atoms with Crippen molar-refractivity contribution in [2.45, 2.75) is 51.9 Å². The van der Waals surface area contributed by atoms with Gasteiger partial charge in [0.2, 0.25) is 11.8 Å². The quantitative estimate of drug-likeness (QED) is 0.685. The van der Waals surface area contributed by atoms with Gasteiger partial charge in [0.1, 0.15) is 11.1 Å². The van der Waals surface area contributed by atoms with E-state index in [1.54, 1.807) is 11.3 Å². The SMILES string of the molecule is Cc1csc(NC(=O)C2CCN(CCC(=O)Nc3sc4c(c3C#N)CCCC4)CC2)n1. The van der Waals surface area contributed by atoms with Crippen molar-refractivity contribution in [3.63, 3.8) is 0 Å². The second-order valence-electron chi connectivity index (χ2n) is 8.22. The summed E-state index contributed by atoms with van der Waals surface area (Å²) in [6.45, 7) is 4.19. The van der Waals surface area contributed by atoms with E-state index in [4.69, 9.17) is 0 Å². The number of hydrogen-bond acceptors (Lipinski definition) is 7. The van der Waals surface area contributed by atoms with Gasteiger partial charge in [-0.2, -0.15) is 5.26 Å². The highest BCUT2D eigenvalue weighted by atomic mass is 32.1. The first-order valence-corrected chi connectivity index (χ1v) is 12.5. The maximum absolute atomic E-state index is 12.5. The monoisotopic (exact) mass is 457 g/mol. The fourth-order valence-corrected chi connectivity index (χ4v) is 6.21. The molecule has 0 atom stereocenters. The lowest BCUT2D eigenvalue weighted by Gasteiger charge is -2.30. The number of nitrogens with zero attached hydrogens (tertiary/aromatic N) is 3. The van der Waals surface area contributed by atoms with Gasteiger partial charge in [0.25, 0.3) is 0 Å². The van der Waals surface area contributed by atoms with Crippen LogP contribution in [0.5, 0.6) is 0 Å². The predicted molar refractivity (Wildman–Crippen MR) is 124 cm³/mol. The van der Waals surface area contributed by atoms with Crippen LogP contribution in [0.2, 0.25) is 0 Å². The maximum Gasteiger partial charge on any atom is 0.229 e. The summed E-state index contributed by atoms with van der Waals surface area (Å²) in [4.78, 5) is 32.7. The second kappa shape index (κ2) is 9.90. The van der Waals surface area contributed by atoms with E-state index in [1.807, 2.05) is 12.3 Å². The van der Waals surface area contributed by atoms with Crippen LogP contribution in [0.4, 0.5) is 10.1 Å². The van der Waals surface area contributed by atoms with Crippen molar-refractivity contribution in [2.24, 2.45) is 5.92 Å². The standard InChI is InChI=1S/C22H27N5O2S2/c1-14-13-30-22(24-14)26-20(29)15-6-9-27(10-7-15)11-8-19(28)25-21-17(12-23)16-4-2-3-5-18(16)31-21/h13,15H,2-11H2,1H3,(H,25,28)(H,24,26,29). The summed E-state index contributed by atoms with van der Waals surface area (Å²) >= 11 is 3.01. The molecule has 1 aliphatic carbocycles. The second-order valence-corrected chi connectivity index (χ2v) is 10.2. The summed E-state index contributed by atoms with van der Waals surface area (Å²) in [5.74, 6) is -0.0172. The van der Waals surface area contributed by atoms with Gasteiger partial charge in [-0.3, -0.25) is 9.59 Å². The van der Waals surface area contributed by atoms with Crippen molar-refractivity contribution in [3.05, 3.63) is 27.1 Å². The van der Waals surface area contributed by atoms with Crippen molar-refractivity contribution in [3.8, 4) is 6.07 Å². The van der Waals surface area contributed by atoms with E-state index in [2.05, 4.69) is 26.6 Å². The lowest BCUT2D eigenvalue weighted by molar-refractivity contribution is -0.121. The zero-order chi connectivity index (χ0) is 21.8. The summed E-state index contributed by atoms with van der Waals surface area (Å²) in [5, 5.41) is 18.7. The van der Waals surface area contributed by atoms with E-state index in [0.29, 0.717) is 28.7 Å². The molecule has 0 radical (unpaired) electrons. The topological polar surface area (TPSA) is 98.1 Å². The number of thiophene rings is 1. The van der Waals surface area contributed by atoms with Crippen LogP contribution in [-0.4, -0.2) is 41.3 Å². The number of likely N-dealkylation sites (tertiary alicyclic amines) is 1. The van der Waals surface area contributed by atoms with Crippen LogP contribution >= 0.6 is 22.7 Å². The number of carbonyl (C=O) groups is 2. The summed E-state index contributed by atoms with van der Waals surface area (Å²) in [6, 6.07) is 2.29.